The van der Waals surface area contributed by atoms with E-state index in [1.807, 2.05) is 13.8 Å². The lowest BCUT2D eigenvalue weighted by atomic mass is 9.77. The number of aliphatic hydroxyl groups excluding tert-OH is 2. The number of nitrogens with two attached hydrogens (primary N) is 6. The van der Waals surface area contributed by atoms with Crippen LogP contribution in [0.4, 0.5) is 14.5 Å². The maximum Gasteiger partial charge on any atom is 0.204 e. The topological polar surface area (TPSA) is 314 Å². The van der Waals surface area contributed by atoms with Gasteiger partial charge in [0.15, 0.2) is 0 Å². The molecule has 3 aromatic rings. The molecule has 2 saturated carbocycles. The summed E-state index contributed by atoms with van der Waals surface area (Å²) in [5.74, 6) is 0.471. The standard InChI is InChI=1S/C27H42ClFN6S.C19H20ClFN4S.C7H16N2.2C3H8O.2CH3NO/c1-4-12-35(13-11-33-18(2)3)22-14-19(15-22)5-7-21(9-10-30)34-26(27(32)36)17-25(31)23-16-20(28)6-8-24(23)29;20-13-5-7-16(21)15(10-13)17-11-18(19(26)25-24-17)23-14(8-9-22)6-4-12-2-1-3-12;1-7(2)9-5-3-8-4-6-9;2*1-2-3-4;2*2-1-3/h6-10,16-19,22,33-34,36H,4-5,11-15,30-32H2,1-3H3;5-12H,1-4,22H2,(H,23,24)(H,25,26);7-8H,3-6H2,1-2H3;2*4H,2-3H2,1H3;2*1H,(H2,2,3)/b10-9-,21-7+,25-17-,27-26-;9-8-,14-6+;;;;;. The number of thiol groups is 1. The van der Waals surface area contributed by atoms with E-state index in [9.17, 15) is 8.78 Å². The van der Waals surface area contributed by atoms with Gasteiger partial charge in [-0.05, 0) is 150 Å². The summed E-state index contributed by atoms with van der Waals surface area (Å²) < 4.78 is 28.8. The van der Waals surface area contributed by atoms with Gasteiger partial charge >= 0.3 is 0 Å². The number of hydrogen-bond acceptors (Lipinski definition) is 17. The fraction of sp³-hybridized carbons (Fsp3) is 0.508. The Hall–Kier alpha value is -5.53. The number of hydrogen-bond donors (Lipinski definition) is 14. The Bertz CT molecular complexity index is 2560. The van der Waals surface area contributed by atoms with Gasteiger partial charge in [0.1, 0.15) is 16.3 Å². The Labute approximate surface area is 525 Å². The third-order valence-corrected chi connectivity index (χ3v) is 14.0. The van der Waals surface area contributed by atoms with Gasteiger partial charge in [0.2, 0.25) is 12.8 Å². The summed E-state index contributed by atoms with van der Waals surface area (Å²) in [5.41, 5.74) is 35.5. The number of allylic oxidation sites excluding steroid dienone is 5. The highest BCUT2D eigenvalue weighted by Crippen LogP contribution is 2.35. The number of nitrogens with one attached hydrogen (secondary N) is 5. The zero-order valence-electron chi connectivity index (χ0n) is 50.9. The number of piperazine rings is 1. The average Bonchev–Trinajstić information content (AvgIpc) is 3.66. The van der Waals surface area contributed by atoms with E-state index in [1.165, 1.54) is 94.0 Å². The number of aliphatic hydroxyl groups is 2. The van der Waals surface area contributed by atoms with E-state index in [2.05, 4.69) is 112 Å². The first kappa shape index (κ1) is 79.5. The van der Waals surface area contributed by atoms with Crippen molar-refractivity contribution >= 4 is 72.3 Å². The normalized spacial score (nSPS) is 16.4. The summed E-state index contributed by atoms with van der Waals surface area (Å²) in [7, 11) is 0. The van der Waals surface area contributed by atoms with Gasteiger partial charge in [-0.3, -0.25) is 24.5 Å². The fourth-order valence-electron chi connectivity index (χ4n) is 8.26. The molecule has 19 N–H and O–H groups in total. The molecule has 0 atom stereocenters. The number of amides is 2. The molecule has 18 nitrogen and oxygen atoms in total. The van der Waals surface area contributed by atoms with Gasteiger partial charge in [0.05, 0.1) is 22.1 Å². The molecule has 1 saturated heterocycles. The van der Waals surface area contributed by atoms with Gasteiger partial charge in [-0.15, -0.1) is 12.6 Å². The van der Waals surface area contributed by atoms with Crippen molar-refractivity contribution in [3.8, 4) is 11.3 Å². The smallest absolute Gasteiger partial charge is 0.204 e. The average molecular weight is 1270 g/mol. The molecule has 0 unspecified atom stereocenters. The first-order chi connectivity index (χ1) is 40.7. The molecule has 85 heavy (non-hydrogen) atoms. The van der Waals surface area contributed by atoms with E-state index >= 15 is 0 Å². The molecule has 3 aliphatic rings. The second kappa shape index (κ2) is 48.6. The predicted octanol–water partition coefficient (Wildman–Crippen LogP) is 9.50. The second-order valence-corrected chi connectivity index (χ2v) is 22.2. The summed E-state index contributed by atoms with van der Waals surface area (Å²) in [6, 6.07) is 12.1. The zero-order chi connectivity index (χ0) is 64.1. The quantitative estimate of drug-likeness (QED) is 0.0182. The molecule has 6 rings (SSSR count). The van der Waals surface area contributed by atoms with Gasteiger partial charge in [-0.1, -0.05) is 101 Å². The van der Waals surface area contributed by atoms with Crippen LogP contribution in [-0.2, 0) is 9.59 Å². The van der Waals surface area contributed by atoms with Crippen LogP contribution in [0.15, 0.2) is 107 Å². The summed E-state index contributed by atoms with van der Waals surface area (Å²) >= 11 is 21.6. The molecule has 24 heteroatoms. The van der Waals surface area contributed by atoms with Crippen LogP contribution in [0.1, 0.15) is 118 Å². The van der Waals surface area contributed by atoms with Crippen molar-refractivity contribution in [2.45, 2.75) is 131 Å². The predicted molar refractivity (Wildman–Crippen MR) is 356 cm³/mol. The summed E-state index contributed by atoms with van der Waals surface area (Å²) in [6.07, 6.45) is 23.8. The summed E-state index contributed by atoms with van der Waals surface area (Å²) in [6.45, 7) is 23.6. The van der Waals surface area contributed by atoms with Crippen LogP contribution in [0.5, 0.6) is 0 Å². The highest BCUT2D eigenvalue weighted by Gasteiger charge is 2.32. The first-order valence-electron chi connectivity index (χ1n) is 29.0. The lowest BCUT2D eigenvalue weighted by molar-refractivity contribution is -0.107. The minimum atomic E-state index is -0.473. The summed E-state index contributed by atoms with van der Waals surface area (Å²) in [5, 5.41) is 37.0. The van der Waals surface area contributed by atoms with Crippen LogP contribution >= 0.6 is 48.0 Å². The number of anilines is 1. The van der Waals surface area contributed by atoms with E-state index in [0.29, 0.717) is 68.5 Å². The van der Waals surface area contributed by atoms with Crippen molar-refractivity contribution in [3.05, 3.63) is 139 Å². The number of nitrogens with zero attached hydrogens (tertiary/aromatic N) is 3. The SMILES string of the molecule is CC(C)N1CCNCC1.CCCN(CCNC(C)C)C1CC(C/C=C(\C=C/N)NC(/C=C(\N)c2cc(Cl)ccc2F)=C(/N)S)C1.CCCO.CCCO.N/C=C\C(=C/CC1CCC1)Nc1cc(-c2cc(Cl)ccc2F)n[nH]c1=S.NC=O.NC=O. The lowest BCUT2D eigenvalue weighted by Gasteiger charge is -2.43. The molecular weight excluding hydrogens is 1170 g/mol. The van der Waals surface area contributed by atoms with Gasteiger partial charge in [0.25, 0.3) is 0 Å². The maximum absolute atomic E-state index is 14.2. The van der Waals surface area contributed by atoms with E-state index in [0.717, 1.165) is 88.2 Å². The van der Waals surface area contributed by atoms with Crippen molar-refractivity contribution in [1.82, 2.24) is 35.9 Å². The van der Waals surface area contributed by atoms with Gasteiger partial charge in [-0.25, -0.2) is 8.78 Å². The molecule has 0 radical (unpaired) electrons. The molecule has 0 bridgehead atoms. The number of rotatable bonds is 23. The molecule has 2 aliphatic carbocycles. The number of H-pyrrole nitrogens is 1. The van der Waals surface area contributed by atoms with E-state index in [4.69, 9.17) is 78.2 Å². The number of primary amides is 2. The monoisotopic (exact) mass is 1260 g/mol. The number of halogens is 4. The van der Waals surface area contributed by atoms with Crippen LogP contribution < -0.4 is 55.7 Å². The van der Waals surface area contributed by atoms with Crippen LogP contribution in [0.2, 0.25) is 10.0 Å². The first-order valence-corrected chi connectivity index (χ1v) is 30.6. The highest BCUT2D eigenvalue weighted by molar-refractivity contribution is 7.84. The fourth-order valence-corrected chi connectivity index (χ4v) is 8.88. The van der Waals surface area contributed by atoms with E-state index in [-0.39, 0.29) is 29.1 Å². The van der Waals surface area contributed by atoms with Crippen LogP contribution in [0, 0.1) is 28.1 Å². The van der Waals surface area contributed by atoms with Crippen molar-refractivity contribution in [2.24, 2.45) is 46.2 Å². The molecule has 0 spiro atoms. The molecular formula is C61H100Cl2F2N14O4S2. The molecule has 2 amide bonds. The third kappa shape index (κ3) is 35.0. The largest absolute Gasteiger partial charge is 0.405 e. The molecule has 1 aromatic heterocycles. The van der Waals surface area contributed by atoms with Gasteiger partial charge in [-0.2, -0.15) is 5.10 Å². The molecule has 2 heterocycles. The lowest BCUT2D eigenvalue weighted by Crippen LogP contribution is -2.47. The van der Waals surface area contributed by atoms with Crippen molar-refractivity contribution in [3.63, 3.8) is 0 Å². The Morgan fingerprint density at radius 2 is 1.38 bits per heavy atom. The van der Waals surface area contributed by atoms with E-state index in [1.54, 1.807) is 24.3 Å². The zero-order valence-corrected chi connectivity index (χ0v) is 54.2. The minimum absolute atomic E-state index is 0.176. The molecule has 2 aromatic carbocycles. The maximum atomic E-state index is 14.2. The van der Waals surface area contributed by atoms with E-state index < -0.39 is 11.6 Å². The molecule has 3 fully saturated rings. The molecule has 478 valence electrons. The van der Waals surface area contributed by atoms with Gasteiger partial charge < -0.3 is 65.9 Å². The minimum Gasteiger partial charge on any atom is -0.405 e. The number of benzene rings is 2. The summed E-state index contributed by atoms with van der Waals surface area (Å²) in [4.78, 5) is 22.3. The number of carbonyl (C=O) groups excluding carboxylic acids is 2. The highest BCUT2D eigenvalue weighted by atomic mass is 35.5. The van der Waals surface area contributed by atoms with Crippen LogP contribution in [0.25, 0.3) is 17.0 Å². The number of aromatic amines is 1. The number of aromatic nitrogens is 2. The van der Waals surface area contributed by atoms with Crippen molar-refractivity contribution < 1.29 is 28.6 Å². The Balaban J connectivity index is 0.00000124. The van der Waals surface area contributed by atoms with Crippen LogP contribution in [0.3, 0.4) is 0 Å². The van der Waals surface area contributed by atoms with Crippen molar-refractivity contribution in [1.29, 1.82) is 0 Å². The Morgan fingerprint density at radius 3 is 1.87 bits per heavy atom. The molecule has 1 aliphatic heterocycles. The second-order valence-electron chi connectivity index (χ2n) is 20.4. The van der Waals surface area contributed by atoms with Gasteiger partial charge in [0, 0.05) is 109 Å². The van der Waals surface area contributed by atoms with Crippen molar-refractivity contribution in [2.75, 3.05) is 64.3 Å². The van der Waals surface area contributed by atoms with Crippen LogP contribution in [-0.4, -0.2) is 120 Å². The third-order valence-electron chi connectivity index (χ3n) is 13.0. The number of carbonyl (C=O) groups is 2. The Morgan fingerprint density at radius 1 is 0.835 bits per heavy atom. The Kier molecular flexibility index (Phi) is 45.4.